The Kier molecular flexibility index (Phi) is 4.62. The number of halogens is 1. The summed E-state index contributed by atoms with van der Waals surface area (Å²) in [5, 5.41) is 9.31. The van der Waals surface area contributed by atoms with E-state index in [1.807, 2.05) is 6.07 Å². The average molecular weight is 307 g/mol. The largest absolute Gasteiger partial charge is 0.490 e. The molecule has 0 aromatic heterocycles. The summed E-state index contributed by atoms with van der Waals surface area (Å²) in [7, 11) is 0. The molecule has 1 amide bonds. The summed E-state index contributed by atoms with van der Waals surface area (Å²) in [6.07, 6.45) is 3.87. The Balaban J connectivity index is 1.72. The van der Waals surface area contributed by atoms with Crippen molar-refractivity contribution >= 4 is 5.91 Å². The van der Waals surface area contributed by atoms with Gasteiger partial charge in [0.25, 0.3) is 5.91 Å². The van der Waals surface area contributed by atoms with Crippen LogP contribution in [0.3, 0.4) is 0 Å². The Labute approximate surface area is 129 Å². The van der Waals surface area contributed by atoms with Gasteiger partial charge in [-0.15, -0.1) is 0 Å². The van der Waals surface area contributed by atoms with E-state index in [1.54, 1.807) is 18.2 Å². The Morgan fingerprint density at radius 1 is 1.36 bits per heavy atom. The van der Waals surface area contributed by atoms with Crippen LogP contribution in [0.5, 0.6) is 5.75 Å². The van der Waals surface area contributed by atoms with Crippen molar-refractivity contribution in [3.05, 3.63) is 29.8 Å². The minimum atomic E-state index is -1.06. The highest BCUT2D eigenvalue weighted by atomic mass is 19.1. The SMILES string of the molecule is O=C(c1cccc(OC2CCCC2)c1)N1C[C@@H](F)C[C@H]1CO. The van der Waals surface area contributed by atoms with Gasteiger partial charge in [-0.2, -0.15) is 0 Å². The van der Waals surface area contributed by atoms with Crippen LogP contribution in [-0.2, 0) is 0 Å². The zero-order valence-electron chi connectivity index (χ0n) is 12.6. The molecular weight excluding hydrogens is 285 g/mol. The molecular formula is C17H22FNO3. The van der Waals surface area contributed by atoms with Gasteiger partial charge in [0.1, 0.15) is 11.9 Å². The number of hydrogen-bond acceptors (Lipinski definition) is 3. The molecule has 1 aromatic carbocycles. The third kappa shape index (κ3) is 3.24. The normalized spacial score (nSPS) is 25.6. The zero-order valence-corrected chi connectivity index (χ0v) is 12.6. The van der Waals surface area contributed by atoms with Gasteiger partial charge in [-0.05, 0) is 43.9 Å². The Hall–Kier alpha value is -1.62. The van der Waals surface area contributed by atoms with E-state index in [4.69, 9.17) is 4.74 Å². The summed E-state index contributed by atoms with van der Waals surface area (Å²) in [5.41, 5.74) is 0.489. The summed E-state index contributed by atoms with van der Waals surface area (Å²) < 4.78 is 19.4. The summed E-state index contributed by atoms with van der Waals surface area (Å²) in [6, 6.07) is 6.64. The van der Waals surface area contributed by atoms with Gasteiger partial charge < -0.3 is 14.7 Å². The molecule has 5 heteroatoms. The lowest BCUT2D eigenvalue weighted by atomic mass is 10.1. The number of alkyl halides is 1. The average Bonchev–Trinajstić information content (AvgIpc) is 3.16. The maximum atomic E-state index is 13.5. The van der Waals surface area contributed by atoms with Crippen molar-refractivity contribution in [1.82, 2.24) is 4.90 Å². The molecule has 4 nitrogen and oxygen atoms in total. The van der Waals surface area contributed by atoms with Gasteiger partial charge in [-0.3, -0.25) is 4.79 Å². The van der Waals surface area contributed by atoms with E-state index in [1.165, 1.54) is 17.7 Å². The fourth-order valence-electron chi connectivity index (χ4n) is 3.35. The molecule has 2 fully saturated rings. The number of aliphatic hydroxyl groups is 1. The van der Waals surface area contributed by atoms with Gasteiger partial charge in [0.05, 0.1) is 25.3 Å². The second-order valence-electron chi connectivity index (χ2n) is 6.18. The number of amides is 1. The number of carbonyl (C=O) groups excluding carboxylic acids is 1. The lowest BCUT2D eigenvalue weighted by Crippen LogP contribution is -2.37. The van der Waals surface area contributed by atoms with E-state index >= 15 is 0 Å². The molecule has 3 rings (SSSR count). The quantitative estimate of drug-likeness (QED) is 0.930. The van der Waals surface area contributed by atoms with E-state index in [2.05, 4.69) is 0 Å². The molecule has 1 heterocycles. The van der Waals surface area contributed by atoms with Gasteiger partial charge in [0.15, 0.2) is 0 Å². The van der Waals surface area contributed by atoms with E-state index in [-0.39, 0.29) is 31.6 Å². The van der Waals surface area contributed by atoms with E-state index < -0.39 is 12.2 Å². The van der Waals surface area contributed by atoms with Crippen LogP contribution >= 0.6 is 0 Å². The van der Waals surface area contributed by atoms with Crippen molar-refractivity contribution in [1.29, 1.82) is 0 Å². The Morgan fingerprint density at radius 2 is 2.14 bits per heavy atom. The second kappa shape index (κ2) is 6.65. The number of rotatable bonds is 4. The number of aliphatic hydroxyl groups excluding tert-OH is 1. The number of hydrogen-bond donors (Lipinski definition) is 1. The zero-order chi connectivity index (χ0) is 15.5. The second-order valence-corrected chi connectivity index (χ2v) is 6.18. The van der Waals surface area contributed by atoms with Gasteiger partial charge in [-0.1, -0.05) is 6.07 Å². The molecule has 0 unspecified atom stereocenters. The smallest absolute Gasteiger partial charge is 0.254 e. The molecule has 1 aliphatic carbocycles. The maximum absolute atomic E-state index is 13.5. The topological polar surface area (TPSA) is 49.8 Å². The third-order valence-electron chi connectivity index (χ3n) is 4.52. The first-order valence-corrected chi connectivity index (χ1v) is 8.00. The van der Waals surface area contributed by atoms with E-state index in [0.717, 1.165) is 12.8 Å². The number of likely N-dealkylation sites (tertiary alicyclic amines) is 1. The highest BCUT2D eigenvalue weighted by Gasteiger charge is 2.35. The molecule has 22 heavy (non-hydrogen) atoms. The van der Waals surface area contributed by atoms with Crippen LogP contribution in [0.1, 0.15) is 42.5 Å². The third-order valence-corrected chi connectivity index (χ3v) is 4.52. The van der Waals surface area contributed by atoms with Crippen LogP contribution in [0.25, 0.3) is 0 Å². The summed E-state index contributed by atoms with van der Waals surface area (Å²) in [5.74, 6) is 0.449. The lowest BCUT2D eigenvalue weighted by Gasteiger charge is -2.23. The Bertz CT molecular complexity index is 530. The Morgan fingerprint density at radius 3 is 2.86 bits per heavy atom. The van der Waals surface area contributed by atoms with Crippen molar-refractivity contribution in [2.75, 3.05) is 13.2 Å². The molecule has 0 bridgehead atoms. The first-order chi connectivity index (χ1) is 10.7. The summed E-state index contributed by atoms with van der Waals surface area (Å²) in [6.45, 7) is -0.151. The van der Waals surface area contributed by atoms with Crippen molar-refractivity contribution < 1.29 is 19.0 Å². The molecule has 1 saturated heterocycles. The minimum Gasteiger partial charge on any atom is -0.490 e. The van der Waals surface area contributed by atoms with Crippen LogP contribution in [0, 0.1) is 0 Å². The predicted octanol–water partition coefficient (Wildman–Crippen LogP) is 2.55. The van der Waals surface area contributed by atoms with Gasteiger partial charge in [-0.25, -0.2) is 4.39 Å². The number of ether oxygens (including phenoxy) is 1. The molecule has 0 spiro atoms. The van der Waals surface area contributed by atoms with Crippen molar-refractivity contribution in [2.45, 2.75) is 50.4 Å². The van der Waals surface area contributed by atoms with Crippen molar-refractivity contribution in [2.24, 2.45) is 0 Å². The molecule has 1 saturated carbocycles. The van der Waals surface area contributed by atoms with Crippen LogP contribution in [-0.4, -0.2) is 47.4 Å². The fraction of sp³-hybridized carbons (Fsp3) is 0.588. The molecule has 1 N–H and O–H groups in total. The van der Waals surface area contributed by atoms with Crippen LogP contribution in [0.15, 0.2) is 24.3 Å². The molecule has 1 aromatic rings. The summed E-state index contributed by atoms with van der Waals surface area (Å²) in [4.78, 5) is 14.0. The molecule has 2 aliphatic rings. The molecule has 2 atom stereocenters. The number of benzene rings is 1. The van der Waals surface area contributed by atoms with Gasteiger partial charge >= 0.3 is 0 Å². The molecule has 1 aliphatic heterocycles. The standard InChI is InChI=1S/C17H22FNO3/c18-13-9-14(11-20)19(10-13)17(21)12-4-3-7-16(8-12)22-15-5-1-2-6-15/h3-4,7-8,13-15,20H,1-2,5-6,9-11H2/t13-,14-/m0/s1. The highest BCUT2D eigenvalue weighted by Crippen LogP contribution is 2.26. The monoisotopic (exact) mass is 307 g/mol. The molecule has 0 radical (unpaired) electrons. The van der Waals surface area contributed by atoms with Gasteiger partial charge in [0.2, 0.25) is 0 Å². The van der Waals surface area contributed by atoms with E-state index in [0.29, 0.717) is 11.3 Å². The first kappa shape index (κ1) is 15.3. The lowest BCUT2D eigenvalue weighted by molar-refractivity contribution is 0.0672. The van der Waals surface area contributed by atoms with E-state index in [9.17, 15) is 14.3 Å². The fourth-order valence-corrected chi connectivity index (χ4v) is 3.35. The number of nitrogens with zero attached hydrogens (tertiary/aromatic N) is 1. The molecule has 120 valence electrons. The van der Waals surface area contributed by atoms with Gasteiger partial charge in [0, 0.05) is 12.0 Å². The van der Waals surface area contributed by atoms with Crippen LogP contribution < -0.4 is 4.74 Å². The van der Waals surface area contributed by atoms with Crippen molar-refractivity contribution in [3.8, 4) is 5.75 Å². The summed E-state index contributed by atoms with van der Waals surface area (Å²) >= 11 is 0. The predicted molar refractivity (Wildman–Crippen MR) is 80.7 cm³/mol. The first-order valence-electron chi connectivity index (χ1n) is 8.00. The van der Waals surface area contributed by atoms with Crippen LogP contribution in [0.4, 0.5) is 4.39 Å². The highest BCUT2D eigenvalue weighted by molar-refractivity contribution is 5.95. The maximum Gasteiger partial charge on any atom is 0.254 e. The van der Waals surface area contributed by atoms with Crippen molar-refractivity contribution in [3.63, 3.8) is 0 Å². The number of carbonyl (C=O) groups is 1. The minimum absolute atomic E-state index is 0.0533. The van der Waals surface area contributed by atoms with Crippen LogP contribution in [0.2, 0.25) is 0 Å².